The number of hydrogen-bond acceptors (Lipinski definition) is 6. The van der Waals surface area contributed by atoms with Crippen LogP contribution in [0, 0.1) is 5.82 Å². The van der Waals surface area contributed by atoms with Gasteiger partial charge in [-0.1, -0.05) is 27.7 Å². The van der Waals surface area contributed by atoms with Gasteiger partial charge in [-0.25, -0.2) is 14.4 Å². The Kier molecular flexibility index (Phi) is 10.8. The Morgan fingerprint density at radius 3 is 2.42 bits per heavy atom. The summed E-state index contributed by atoms with van der Waals surface area (Å²) in [6, 6.07) is 9.01. The maximum atomic E-state index is 14.4. The molecule has 1 saturated heterocycles. The Morgan fingerprint density at radius 2 is 1.82 bits per heavy atom. The summed E-state index contributed by atoms with van der Waals surface area (Å²) in [5, 5.41) is 3.83. The highest BCUT2D eigenvalue weighted by Gasteiger charge is 2.19. The number of benzene rings is 1. The number of rotatable bonds is 7. The van der Waals surface area contributed by atoms with Gasteiger partial charge in [-0.05, 0) is 38.1 Å². The number of nitrogens with zero attached hydrogens (tertiary/aromatic N) is 3. The zero-order valence-electron chi connectivity index (χ0n) is 20.7. The second-order valence-electron chi connectivity index (χ2n) is 7.06. The van der Waals surface area contributed by atoms with Crippen LogP contribution in [0.15, 0.2) is 36.5 Å². The van der Waals surface area contributed by atoms with Crippen molar-refractivity contribution in [3.8, 4) is 22.9 Å². The molecule has 0 unspecified atom stereocenters. The first kappa shape index (κ1) is 26.3. The molecule has 0 bridgehead atoms. The van der Waals surface area contributed by atoms with Crippen molar-refractivity contribution < 1.29 is 15.3 Å². The molecule has 3 aromatic rings. The predicted octanol–water partition coefficient (Wildman–Crippen LogP) is 5.94. The molecule has 33 heavy (non-hydrogen) atoms. The summed E-state index contributed by atoms with van der Waals surface area (Å²) in [5.41, 5.74) is 3.38. The lowest BCUT2D eigenvalue weighted by Gasteiger charge is -2.21. The van der Waals surface area contributed by atoms with Gasteiger partial charge in [0.1, 0.15) is 6.61 Å². The molecule has 7 heteroatoms. The number of methoxy groups -OCH3 is 1. The van der Waals surface area contributed by atoms with Crippen LogP contribution in [-0.4, -0.2) is 50.4 Å². The van der Waals surface area contributed by atoms with E-state index in [1.807, 2.05) is 52.9 Å². The zero-order chi connectivity index (χ0) is 24.2. The summed E-state index contributed by atoms with van der Waals surface area (Å²) in [5.74, 6) is 0.397. The SMILES string of the molecule is CC.CC.CNCCOc1ccc(-c2cc(N3CCCC3)c3cc(F)c(OC)cc3n2)cn1.[HH]. The van der Waals surface area contributed by atoms with Crippen LogP contribution in [-0.2, 0) is 0 Å². The van der Waals surface area contributed by atoms with Crippen molar-refractivity contribution in [2.75, 3.05) is 45.3 Å². The maximum Gasteiger partial charge on any atom is 0.213 e. The molecule has 1 fully saturated rings. The van der Waals surface area contributed by atoms with Crippen LogP contribution in [0.5, 0.6) is 11.6 Å². The number of likely N-dealkylation sites (N-methyl/N-ethyl adjacent to an activating group) is 1. The third kappa shape index (κ3) is 6.54. The Hall–Kier alpha value is -2.93. The van der Waals surface area contributed by atoms with Crippen molar-refractivity contribution in [1.82, 2.24) is 15.3 Å². The average Bonchev–Trinajstić information content (AvgIpc) is 3.41. The highest BCUT2D eigenvalue weighted by molar-refractivity contribution is 5.95. The third-order valence-electron chi connectivity index (χ3n) is 5.14. The van der Waals surface area contributed by atoms with Gasteiger partial charge in [0.25, 0.3) is 0 Å². The molecule has 2 aromatic heterocycles. The lowest BCUT2D eigenvalue weighted by molar-refractivity contribution is 0.306. The quantitative estimate of drug-likeness (QED) is 0.442. The van der Waals surface area contributed by atoms with Gasteiger partial charge in [-0.15, -0.1) is 0 Å². The normalized spacial score (nSPS) is 12.5. The Labute approximate surface area is 198 Å². The minimum Gasteiger partial charge on any atom is -0.494 e. The Bertz CT molecular complexity index is 996. The van der Waals surface area contributed by atoms with Gasteiger partial charge in [0.05, 0.1) is 18.3 Å². The number of aromatic nitrogens is 2. The summed E-state index contributed by atoms with van der Waals surface area (Å²) < 4.78 is 25.1. The van der Waals surface area contributed by atoms with E-state index >= 15 is 0 Å². The van der Waals surface area contributed by atoms with Crippen LogP contribution in [0.3, 0.4) is 0 Å². The van der Waals surface area contributed by atoms with Crippen molar-refractivity contribution in [3.05, 3.63) is 42.3 Å². The molecular formula is C26H39FN4O2. The van der Waals surface area contributed by atoms with Gasteiger partial charge < -0.3 is 19.7 Å². The van der Waals surface area contributed by atoms with Crippen LogP contribution >= 0.6 is 0 Å². The highest BCUT2D eigenvalue weighted by Crippen LogP contribution is 2.35. The standard InChI is InChI=1S/C22H25FN4O2.2C2H6.H2/c1-24-7-10-29-22-6-5-15(14-25-22)18-12-20(27-8-3-4-9-27)16-11-17(23)21(28-2)13-19(16)26-18;2*1-2;/h5-6,11-14,24H,3-4,7-10H2,1-2H3;2*1-2H3;1H. The molecule has 182 valence electrons. The first-order valence-corrected chi connectivity index (χ1v) is 11.9. The number of nitrogens with one attached hydrogen (secondary N) is 1. The number of halogens is 1. The zero-order valence-corrected chi connectivity index (χ0v) is 20.7. The molecule has 0 amide bonds. The minimum absolute atomic E-state index is 0. The maximum absolute atomic E-state index is 14.4. The summed E-state index contributed by atoms with van der Waals surface area (Å²) in [7, 11) is 3.34. The van der Waals surface area contributed by atoms with Gasteiger partial charge in [-0.2, -0.15) is 0 Å². The van der Waals surface area contributed by atoms with E-state index in [-0.39, 0.29) is 13.0 Å². The van der Waals surface area contributed by atoms with E-state index in [0.717, 1.165) is 54.8 Å². The molecule has 0 saturated carbocycles. The fraction of sp³-hybridized carbons (Fsp3) is 0.462. The first-order chi connectivity index (χ1) is 16.2. The van der Waals surface area contributed by atoms with Gasteiger partial charge in [0.15, 0.2) is 11.6 Å². The van der Waals surface area contributed by atoms with E-state index in [1.54, 1.807) is 12.3 Å². The fourth-order valence-corrected chi connectivity index (χ4v) is 3.61. The molecule has 6 nitrogen and oxygen atoms in total. The van der Waals surface area contributed by atoms with Crippen molar-refractivity contribution in [1.29, 1.82) is 0 Å². The number of anilines is 1. The predicted molar refractivity (Wildman–Crippen MR) is 137 cm³/mol. The molecule has 3 heterocycles. The summed E-state index contributed by atoms with van der Waals surface area (Å²) in [6.07, 6.45) is 4.04. The van der Waals surface area contributed by atoms with E-state index in [2.05, 4.69) is 15.2 Å². The van der Waals surface area contributed by atoms with E-state index in [9.17, 15) is 4.39 Å². The van der Waals surface area contributed by atoms with E-state index in [4.69, 9.17) is 14.5 Å². The molecule has 0 spiro atoms. The molecular weight excluding hydrogens is 419 g/mol. The number of fused-ring (bicyclic) bond motifs is 1. The first-order valence-electron chi connectivity index (χ1n) is 11.9. The van der Waals surface area contributed by atoms with Crippen molar-refractivity contribution in [3.63, 3.8) is 0 Å². The highest BCUT2D eigenvalue weighted by atomic mass is 19.1. The minimum atomic E-state index is -0.375. The van der Waals surface area contributed by atoms with Crippen LogP contribution in [0.2, 0.25) is 0 Å². The van der Waals surface area contributed by atoms with Gasteiger partial charge >= 0.3 is 0 Å². The van der Waals surface area contributed by atoms with Crippen LogP contribution < -0.4 is 19.7 Å². The van der Waals surface area contributed by atoms with Crippen LogP contribution in [0.1, 0.15) is 42.0 Å². The number of pyridine rings is 2. The largest absolute Gasteiger partial charge is 0.494 e. The summed E-state index contributed by atoms with van der Waals surface area (Å²) in [6.45, 7) is 11.2. The second kappa shape index (κ2) is 13.6. The summed E-state index contributed by atoms with van der Waals surface area (Å²) in [4.78, 5) is 11.5. The lowest BCUT2D eigenvalue weighted by Crippen LogP contribution is -2.18. The fourth-order valence-electron chi connectivity index (χ4n) is 3.61. The van der Waals surface area contributed by atoms with Crippen LogP contribution in [0.25, 0.3) is 22.2 Å². The monoisotopic (exact) mass is 458 g/mol. The molecule has 0 radical (unpaired) electrons. The smallest absolute Gasteiger partial charge is 0.213 e. The van der Waals surface area contributed by atoms with Crippen molar-refractivity contribution in [2.24, 2.45) is 0 Å². The van der Waals surface area contributed by atoms with Gasteiger partial charge in [0.2, 0.25) is 5.88 Å². The van der Waals surface area contributed by atoms with E-state index in [1.165, 1.54) is 13.2 Å². The second-order valence-corrected chi connectivity index (χ2v) is 7.06. The molecule has 1 aliphatic rings. The van der Waals surface area contributed by atoms with Gasteiger partial charge in [0, 0.05) is 56.0 Å². The molecule has 0 atom stereocenters. The van der Waals surface area contributed by atoms with Crippen molar-refractivity contribution >= 4 is 16.6 Å². The molecule has 1 aromatic carbocycles. The third-order valence-corrected chi connectivity index (χ3v) is 5.14. The average molecular weight is 459 g/mol. The van der Waals surface area contributed by atoms with Gasteiger partial charge in [-0.3, -0.25) is 0 Å². The Balaban J connectivity index is 0.00000110. The molecule has 0 aliphatic carbocycles. The lowest BCUT2D eigenvalue weighted by atomic mass is 10.1. The molecule has 4 rings (SSSR count). The number of ether oxygens (including phenoxy) is 2. The molecule has 1 aliphatic heterocycles. The van der Waals surface area contributed by atoms with Crippen LogP contribution in [0.4, 0.5) is 10.1 Å². The van der Waals surface area contributed by atoms with Crippen molar-refractivity contribution in [2.45, 2.75) is 40.5 Å². The number of hydrogen-bond donors (Lipinski definition) is 1. The molecule has 1 N–H and O–H groups in total. The Morgan fingerprint density at radius 1 is 1.09 bits per heavy atom. The summed E-state index contributed by atoms with van der Waals surface area (Å²) >= 11 is 0. The van der Waals surface area contributed by atoms with E-state index in [0.29, 0.717) is 18.0 Å². The topological polar surface area (TPSA) is 59.5 Å². The van der Waals surface area contributed by atoms with E-state index < -0.39 is 0 Å².